The monoisotopic (exact) mass is 607 g/mol. The fourth-order valence-electron chi connectivity index (χ4n) is 5.45. The van der Waals surface area contributed by atoms with Crippen LogP contribution in [0.5, 0.6) is 11.5 Å². The lowest BCUT2D eigenvalue weighted by atomic mass is 9.94. The van der Waals surface area contributed by atoms with E-state index >= 15 is 0 Å². The van der Waals surface area contributed by atoms with E-state index in [-0.39, 0.29) is 24.9 Å². The molecule has 43 heavy (non-hydrogen) atoms. The number of benzene rings is 3. The maximum Gasteiger partial charge on any atom is 0.244 e. The molecule has 1 aliphatic rings. The van der Waals surface area contributed by atoms with Crippen LogP contribution in [0, 0.1) is 0 Å². The SMILES string of the molecule is COc1cccc(CN(C(=O)CN(c2cccc(OC)c2)S(C)(=O)=O)[C@@H](Cc2ccccc2)C(=O)NC2CCCCC2)c1. The summed E-state index contributed by atoms with van der Waals surface area (Å²) in [4.78, 5) is 29.8. The van der Waals surface area contributed by atoms with Crippen LogP contribution in [0.3, 0.4) is 0 Å². The second kappa shape index (κ2) is 14.9. The Morgan fingerprint density at radius 1 is 0.860 bits per heavy atom. The molecule has 0 bridgehead atoms. The van der Waals surface area contributed by atoms with Gasteiger partial charge in [0.1, 0.15) is 24.1 Å². The third-order valence-electron chi connectivity index (χ3n) is 7.73. The van der Waals surface area contributed by atoms with Gasteiger partial charge in [-0.15, -0.1) is 0 Å². The summed E-state index contributed by atoms with van der Waals surface area (Å²) in [6, 6.07) is 22.6. The molecule has 0 radical (unpaired) electrons. The van der Waals surface area contributed by atoms with E-state index in [1.807, 2.05) is 48.5 Å². The van der Waals surface area contributed by atoms with Gasteiger partial charge in [-0.1, -0.05) is 67.8 Å². The summed E-state index contributed by atoms with van der Waals surface area (Å²) in [6.07, 6.45) is 6.36. The second-order valence-electron chi connectivity index (χ2n) is 10.9. The van der Waals surface area contributed by atoms with Crippen molar-refractivity contribution in [2.45, 2.75) is 57.2 Å². The van der Waals surface area contributed by atoms with Crippen LogP contribution in [0.4, 0.5) is 5.69 Å². The molecule has 3 aromatic rings. The van der Waals surface area contributed by atoms with Crippen molar-refractivity contribution in [1.82, 2.24) is 10.2 Å². The van der Waals surface area contributed by atoms with Gasteiger partial charge in [0.25, 0.3) is 0 Å². The van der Waals surface area contributed by atoms with Crippen molar-refractivity contribution < 1.29 is 27.5 Å². The zero-order valence-corrected chi connectivity index (χ0v) is 25.9. The predicted octanol–water partition coefficient (Wildman–Crippen LogP) is 4.56. The lowest BCUT2D eigenvalue weighted by Crippen LogP contribution is -2.55. The highest BCUT2D eigenvalue weighted by atomic mass is 32.2. The number of methoxy groups -OCH3 is 2. The second-order valence-corrected chi connectivity index (χ2v) is 12.8. The van der Waals surface area contributed by atoms with Crippen molar-refractivity contribution in [3.8, 4) is 11.5 Å². The van der Waals surface area contributed by atoms with Crippen LogP contribution in [0.2, 0.25) is 0 Å². The number of hydrogen-bond donors (Lipinski definition) is 1. The Bertz CT molecular complexity index is 1470. The van der Waals surface area contributed by atoms with E-state index in [0.717, 1.165) is 53.8 Å². The Labute approximate surface area is 254 Å². The minimum absolute atomic E-state index is 0.0394. The van der Waals surface area contributed by atoms with Crippen LogP contribution in [0.1, 0.15) is 43.2 Å². The molecule has 4 rings (SSSR count). The lowest BCUT2D eigenvalue weighted by molar-refractivity contribution is -0.140. The summed E-state index contributed by atoms with van der Waals surface area (Å²) >= 11 is 0. The molecule has 0 unspecified atom stereocenters. The number of rotatable bonds is 13. The van der Waals surface area contributed by atoms with E-state index in [0.29, 0.717) is 17.2 Å². The molecule has 1 atom stereocenters. The molecule has 2 amide bonds. The molecule has 0 aromatic heterocycles. The highest BCUT2D eigenvalue weighted by Crippen LogP contribution is 2.25. The summed E-state index contributed by atoms with van der Waals surface area (Å²) < 4.78 is 37.8. The number of anilines is 1. The van der Waals surface area contributed by atoms with Crippen molar-refractivity contribution in [2.75, 3.05) is 31.3 Å². The zero-order chi connectivity index (χ0) is 30.8. The van der Waals surface area contributed by atoms with Crippen molar-refractivity contribution in [2.24, 2.45) is 0 Å². The van der Waals surface area contributed by atoms with Crippen molar-refractivity contribution in [3.63, 3.8) is 0 Å². The molecule has 1 saturated carbocycles. The van der Waals surface area contributed by atoms with Crippen LogP contribution >= 0.6 is 0 Å². The number of amides is 2. The summed E-state index contributed by atoms with van der Waals surface area (Å²) in [5, 5.41) is 3.21. The molecule has 1 N–H and O–H groups in total. The van der Waals surface area contributed by atoms with Gasteiger partial charge < -0.3 is 19.7 Å². The van der Waals surface area contributed by atoms with Crippen LogP contribution in [-0.4, -0.2) is 64.2 Å². The molecular weight excluding hydrogens is 566 g/mol. The smallest absolute Gasteiger partial charge is 0.244 e. The topological polar surface area (TPSA) is 105 Å². The molecule has 10 heteroatoms. The molecule has 1 fully saturated rings. The Kier molecular flexibility index (Phi) is 11.1. The highest BCUT2D eigenvalue weighted by Gasteiger charge is 2.34. The van der Waals surface area contributed by atoms with Crippen LogP contribution in [0.25, 0.3) is 0 Å². The van der Waals surface area contributed by atoms with Crippen LogP contribution in [0.15, 0.2) is 78.9 Å². The molecule has 0 aliphatic heterocycles. The number of carbonyl (C=O) groups is 2. The largest absolute Gasteiger partial charge is 0.497 e. The van der Waals surface area contributed by atoms with Gasteiger partial charge in [-0.2, -0.15) is 0 Å². The Hall–Kier alpha value is -4.05. The minimum atomic E-state index is -3.87. The van der Waals surface area contributed by atoms with Gasteiger partial charge in [0.05, 0.1) is 26.2 Å². The standard InChI is InChI=1S/C33H41N3O6S/c1-41-29-18-10-14-26(20-29)23-35(32(37)24-36(43(3,39)40)28-17-11-19-30(22-28)42-2)31(21-25-12-6-4-7-13-25)33(38)34-27-15-8-5-9-16-27/h4,6-7,10-14,17-20,22,27,31H,5,8-9,15-16,21,23-24H2,1-3H3,(H,34,38)/t31-/m0/s1. The fourth-order valence-corrected chi connectivity index (χ4v) is 6.29. The van der Waals surface area contributed by atoms with Crippen molar-refractivity contribution in [1.29, 1.82) is 0 Å². The van der Waals surface area contributed by atoms with E-state index < -0.39 is 28.5 Å². The predicted molar refractivity (Wildman–Crippen MR) is 168 cm³/mol. The number of sulfonamides is 1. The number of hydrogen-bond acceptors (Lipinski definition) is 6. The van der Waals surface area contributed by atoms with Gasteiger partial charge in [0.2, 0.25) is 21.8 Å². The molecule has 9 nitrogen and oxygen atoms in total. The van der Waals surface area contributed by atoms with E-state index in [1.165, 1.54) is 12.0 Å². The molecule has 0 spiro atoms. The van der Waals surface area contributed by atoms with Crippen molar-refractivity contribution in [3.05, 3.63) is 90.0 Å². The number of ether oxygens (including phenoxy) is 2. The number of nitrogens with zero attached hydrogens (tertiary/aromatic N) is 2. The molecule has 1 aliphatic carbocycles. The average Bonchev–Trinajstić information content (AvgIpc) is 3.02. The molecular formula is C33H41N3O6S. The third kappa shape index (κ3) is 8.97. The maximum atomic E-state index is 14.3. The summed E-state index contributed by atoms with van der Waals surface area (Å²) in [6.45, 7) is -0.403. The Morgan fingerprint density at radius 2 is 1.49 bits per heavy atom. The average molecular weight is 608 g/mol. The van der Waals surface area contributed by atoms with Crippen molar-refractivity contribution >= 4 is 27.5 Å². The minimum Gasteiger partial charge on any atom is -0.497 e. The van der Waals surface area contributed by atoms with E-state index in [2.05, 4.69) is 5.32 Å². The van der Waals surface area contributed by atoms with Gasteiger partial charge in [-0.25, -0.2) is 8.42 Å². The molecule has 0 heterocycles. The Morgan fingerprint density at radius 3 is 2.14 bits per heavy atom. The fraction of sp³-hybridized carbons (Fsp3) is 0.394. The first-order chi connectivity index (χ1) is 20.7. The maximum absolute atomic E-state index is 14.3. The van der Waals surface area contributed by atoms with Gasteiger partial charge in [0.15, 0.2) is 0 Å². The number of nitrogens with one attached hydrogen (secondary N) is 1. The zero-order valence-electron chi connectivity index (χ0n) is 25.1. The lowest BCUT2D eigenvalue weighted by Gasteiger charge is -2.35. The molecule has 0 saturated heterocycles. The summed E-state index contributed by atoms with van der Waals surface area (Å²) in [7, 11) is -0.817. The summed E-state index contributed by atoms with van der Waals surface area (Å²) in [5.74, 6) is 0.320. The third-order valence-corrected chi connectivity index (χ3v) is 8.87. The van der Waals surface area contributed by atoms with Crippen LogP contribution in [-0.2, 0) is 32.6 Å². The molecule has 230 valence electrons. The van der Waals surface area contributed by atoms with E-state index in [4.69, 9.17) is 9.47 Å². The first-order valence-corrected chi connectivity index (χ1v) is 16.4. The van der Waals surface area contributed by atoms with Gasteiger partial charge in [0, 0.05) is 25.1 Å². The van der Waals surface area contributed by atoms with E-state index in [9.17, 15) is 18.0 Å². The summed E-state index contributed by atoms with van der Waals surface area (Å²) in [5.41, 5.74) is 1.94. The van der Waals surface area contributed by atoms with Gasteiger partial charge in [-0.05, 0) is 48.2 Å². The van der Waals surface area contributed by atoms with Crippen LogP contribution < -0.4 is 19.1 Å². The van der Waals surface area contributed by atoms with Gasteiger partial charge in [-0.3, -0.25) is 13.9 Å². The van der Waals surface area contributed by atoms with Gasteiger partial charge >= 0.3 is 0 Å². The molecule has 3 aromatic carbocycles. The first-order valence-electron chi connectivity index (χ1n) is 14.6. The Balaban J connectivity index is 1.73. The quantitative estimate of drug-likeness (QED) is 0.306. The highest BCUT2D eigenvalue weighted by molar-refractivity contribution is 7.92. The van der Waals surface area contributed by atoms with E-state index in [1.54, 1.807) is 37.4 Å². The number of carbonyl (C=O) groups excluding carboxylic acids is 2. The first kappa shape index (κ1) is 31.9. The normalized spacial score (nSPS) is 14.4.